The maximum Gasteiger partial charge on any atom is 0.118 e. The Labute approximate surface area is 102 Å². The molecule has 0 unspecified atom stereocenters. The van der Waals surface area contributed by atoms with E-state index in [1.54, 1.807) is 13.3 Å². The molecule has 1 heterocycles. The fourth-order valence-corrected chi connectivity index (χ4v) is 1.69. The van der Waals surface area contributed by atoms with Gasteiger partial charge in [0.2, 0.25) is 0 Å². The van der Waals surface area contributed by atoms with E-state index in [4.69, 9.17) is 4.74 Å². The number of aromatic nitrogens is 1. The lowest BCUT2D eigenvalue weighted by atomic mass is 10.1. The molecular formula is C15H16NO. The van der Waals surface area contributed by atoms with Crippen molar-refractivity contribution < 1.29 is 4.74 Å². The molecule has 0 amide bonds. The van der Waals surface area contributed by atoms with Crippen molar-refractivity contribution in [3.63, 3.8) is 0 Å². The topological polar surface area (TPSA) is 22.1 Å². The molecule has 87 valence electrons. The lowest BCUT2D eigenvalue weighted by molar-refractivity contribution is 0.414. The van der Waals surface area contributed by atoms with Crippen molar-refractivity contribution in [2.24, 2.45) is 0 Å². The second-order valence-corrected chi connectivity index (χ2v) is 3.88. The zero-order chi connectivity index (χ0) is 11.9. The largest absolute Gasteiger partial charge is 0.497 e. The van der Waals surface area contributed by atoms with Gasteiger partial charge in [0.15, 0.2) is 0 Å². The highest BCUT2D eigenvalue weighted by molar-refractivity contribution is 5.28. The van der Waals surface area contributed by atoms with Gasteiger partial charge in [0.1, 0.15) is 5.75 Å². The van der Waals surface area contributed by atoms with Crippen molar-refractivity contribution in [3.05, 3.63) is 66.3 Å². The average Bonchev–Trinajstić information content (AvgIpc) is 2.41. The van der Waals surface area contributed by atoms with E-state index in [-0.39, 0.29) is 0 Å². The van der Waals surface area contributed by atoms with Crippen LogP contribution in [0.5, 0.6) is 5.75 Å². The molecule has 0 saturated carbocycles. The molecule has 0 atom stereocenters. The Balaban J connectivity index is 1.82. The normalized spacial score (nSPS) is 10.2. The fourth-order valence-electron chi connectivity index (χ4n) is 1.69. The number of aryl methyl sites for hydroxylation is 1. The summed E-state index contributed by atoms with van der Waals surface area (Å²) in [4.78, 5) is 4.09. The van der Waals surface area contributed by atoms with Crippen molar-refractivity contribution in [2.45, 2.75) is 12.8 Å². The Bertz CT molecular complexity index is 436. The molecule has 17 heavy (non-hydrogen) atoms. The number of hydrogen-bond acceptors (Lipinski definition) is 2. The van der Waals surface area contributed by atoms with Crippen LogP contribution in [0.2, 0.25) is 0 Å². The molecule has 0 bridgehead atoms. The quantitative estimate of drug-likeness (QED) is 0.780. The summed E-state index contributed by atoms with van der Waals surface area (Å²) in [6, 6.07) is 12.2. The van der Waals surface area contributed by atoms with Crippen LogP contribution in [0, 0.1) is 6.42 Å². The molecule has 0 saturated heterocycles. The third-order valence-corrected chi connectivity index (χ3v) is 2.66. The molecule has 1 aromatic carbocycles. The van der Waals surface area contributed by atoms with E-state index >= 15 is 0 Å². The third-order valence-electron chi connectivity index (χ3n) is 2.66. The van der Waals surface area contributed by atoms with Gasteiger partial charge in [-0.1, -0.05) is 18.2 Å². The van der Waals surface area contributed by atoms with Gasteiger partial charge in [0.25, 0.3) is 0 Å². The third kappa shape index (κ3) is 3.59. The first-order chi connectivity index (χ1) is 8.38. The molecule has 0 aliphatic carbocycles. The summed E-state index contributed by atoms with van der Waals surface area (Å²) in [7, 11) is 1.69. The summed E-state index contributed by atoms with van der Waals surface area (Å²) in [5.41, 5.74) is 2.51. The number of benzene rings is 1. The first-order valence-corrected chi connectivity index (χ1v) is 5.74. The second-order valence-electron chi connectivity index (χ2n) is 3.88. The Morgan fingerprint density at radius 2 is 2.00 bits per heavy atom. The zero-order valence-electron chi connectivity index (χ0n) is 9.97. The fraction of sp³-hybridized carbons (Fsp3) is 0.200. The van der Waals surface area contributed by atoms with Gasteiger partial charge in [-0.15, -0.1) is 0 Å². The maximum absolute atomic E-state index is 5.13. The SMILES string of the molecule is COc1ccc(CC[CH]c2cccnc2)cc1. The van der Waals surface area contributed by atoms with Crippen molar-refractivity contribution >= 4 is 0 Å². The molecule has 2 nitrogen and oxygen atoms in total. The summed E-state index contributed by atoms with van der Waals surface area (Å²) in [5, 5.41) is 0. The molecule has 2 rings (SSSR count). The van der Waals surface area contributed by atoms with Crippen LogP contribution in [0.3, 0.4) is 0 Å². The predicted octanol–water partition coefficient (Wildman–Crippen LogP) is 3.28. The number of hydrogen-bond donors (Lipinski definition) is 0. The van der Waals surface area contributed by atoms with Gasteiger partial charge in [0, 0.05) is 12.4 Å². The zero-order valence-corrected chi connectivity index (χ0v) is 9.97. The van der Waals surface area contributed by atoms with E-state index in [0.717, 1.165) is 18.6 Å². The van der Waals surface area contributed by atoms with E-state index in [9.17, 15) is 0 Å². The molecule has 0 fully saturated rings. The molecule has 0 spiro atoms. The van der Waals surface area contributed by atoms with Gasteiger partial charge in [-0.3, -0.25) is 4.98 Å². The van der Waals surface area contributed by atoms with Crippen LogP contribution >= 0.6 is 0 Å². The molecule has 2 aromatic rings. The monoisotopic (exact) mass is 226 g/mol. The predicted molar refractivity (Wildman–Crippen MR) is 69.0 cm³/mol. The minimum absolute atomic E-state index is 0.907. The van der Waals surface area contributed by atoms with Crippen LogP contribution < -0.4 is 4.74 Å². The van der Waals surface area contributed by atoms with Gasteiger partial charge in [0.05, 0.1) is 7.11 Å². The van der Waals surface area contributed by atoms with Gasteiger partial charge in [-0.05, 0) is 48.6 Å². The molecule has 1 aromatic heterocycles. The van der Waals surface area contributed by atoms with E-state index in [2.05, 4.69) is 29.6 Å². The Morgan fingerprint density at radius 1 is 1.18 bits per heavy atom. The molecule has 2 heteroatoms. The van der Waals surface area contributed by atoms with Crippen LogP contribution in [-0.2, 0) is 6.42 Å². The highest BCUT2D eigenvalue weighted by atomic mass is 16.5. The number of ether oxygens (including phenoxy) is 1. The van der Waals surface area contributed by atoms with Crippen LogP contribution in [0.15, 0.2) is 48.8 Å². The Kier molecular flexibility index (Phi) is 4.14. The lowest BCUT2D eigenvalue weighted by Gasteiger charge is -2.03. The summed E-state index contributed by atoms with van der Waals surface area (Å²) in [6.45, 7) is 0. The standard InChI is InChI=1S/C15H16NO/c1-17-15-9-7-13(8-10-15)4-2-5-14-6-3-11-16-12-14/h3,5-12H,2,4H2,1H3. The number of rotatable bonds is 5. The van der Waals surface area contributed by atoms with E-state index < -0.39 is 0 Å². The van der Waals surface area contributed by atoms with Crippen molar-refractivity contribution in [3.8, 4) is 5.75 Å². The van der Waals surface area contributed by atoms with E-state index in [0.29, 0.717) is 0 Å². The van der Waals surface area contributed by atoms with Crippen LogP contribution in [0.25, 0.3) is 0 Å². The molecule has 1 radical (unpaired) electrons. The van der Waals surface area contributed by atoms with Crippen molar-refractivity contribution in [2.75, 3.05) is 7.11 Å². The van der Waals surface area contributed by atoms with Crippen molar-refractivity contribution in [1.29, 1.82) is 0 Å². The van der Waals surface area contributed by atoms with E-state index in [1.165, 1.54) is 11.1 Å². The Hall–Kier alpha value is -1.83. The van der Waals surface area contributed by atoms with Crippen molar-refractivity contribution in [1.82, 2.24) is 4.98 Å². The number of methoxy groups -OCH3 is 1. The van der Waals surface area contributed by atoms with Gasteiger partial charge in [-0.25, -0.2) is 0 Å². The lowest BCUT2D eigenvalue weighted by Crippen LogP contribution is -1.89. The Morgan fingerprint density at radius 3 is 2.65 bits per heavy atom. The minimum Gasteiger partial charge on any atom is -0.497 e. The number of pyridine rings is 1. The smallest absolute Gasteiger partial charge is 0.118 e. The molecule has 0 N–H and O–H groups in total. The van der Waals surface area contributed by atoms with Crippen LogP contribution in [0.1, 0.15) is 17.5 Å². The summed E-state index contributed by atoms with van der Waals surface area (Å²) >= 11 is 0. The molecular weight excluding hydrogens is 210 g/mol. The first-order valence-electron chi connectivity index (χ1n) is 5.74. The summed E-state index contributed by atoms with van der Waals surface area (Å²) in [5.74, 6) is 0.907. The molecule has 0 aliphatic rings. The van der Waals surface area contributed by atoms with Gasteiger partial charge >= 0.3 is 0 Å². The second kappa shape index (κ2) is 6.04. The summed E-state index contributed by atoms with van der Waals surface area (Å²) in [6.07, 6.45) is 7.95. The number of nitrogens with zero attached hydrogens (tertiary/aromatic N) is 1. The molecule has 0 aliphatic heterocycles. The minimum atomic E-state index is 0.907. The highest BCUT2D eigenvalue weighted by Crippen LogP contribution is 2.14. The average molecular weight is 226 g/mol. The van der Waals surface area contributed by atoms with Gasteiger partial charge in [-0.2, -0.15) is 0 Å². The summed E-state index contributed by atoms with van der Waals surface area (Å²) < 4.78 is 5.13. The van der Waals surface area contributed by atoms with E-state index in [1.807, 2.05) is 24.4 Å². The van der Waals surface area contributed by atoms with Gasteiger partial charge < -0.3 is 4.74 Å². The van der Waals surface area contributed by atoms with Crippen LogP contribution in [0.4, 0.5) is 0 Å². The van der Waals surface area contributed by atoms with Crippen LogP contribution in [-0.4, -0.2) is 12.1 Å². The first kappa shape index (κ1) is 11.6. The maximum atomic E-state index is 5.13. The highest BCUT2D eigenvalue weighted by Gasteiger charge is 1.96.